The molecule has 1 aromatic carbocycles. The van der Waals surface area contributed by atoms with Crippen LogP contribution in [0.25, 0.3) is 0 Å². The highest BCUT2D eigenvalue weighted by Crippen LogP contribution is 2.24. The highest BCUT2D eigenvalue weighted by Gasteiger charge is 2.29. The van der Waals surface area contributed by atoms with Gasteiger partial charge < -0.3 is 15.5 Å². The summed E-state index contributed by atoms with van der Waals surface area (Å²) in [4.78, 5) is 26.5. The smallest absolute Gasteiger partial charge is 0.275 e. The van der Waals surface area contributed by atoms with Crippen molar-refractivity contribution >= 4 is 28.8 Å². The summed E-state index contributed by atoms with van der Waals surface area (Å²) in [5.41, 5.74) is 1.43. The van der Waals surface area contributed by atoms with Gasteiger partial charge >= 0.3 is 0 Å². The van der Waals surface area contributed by atoms with E-state index in [9.17, 15) is 18.4 Å². The van der Waals surface area contributed by atoms with E-state index in [0.29, 0.717) is 0 Å². The summed E-state index contributed by atoms with van der Waals surface area (Å²) in [5.74, 6) is -2.73. The van der Waals surface area contributed by atoms with Crippen molar-refractivity contribution < 1.29 is 23.3 Å². The molecule has 2 atom stereocenters. The van der Waals surface area contributed by atoms with E-state index in [2.05, 4.69) is 29.0 Å². The predicted molar refractivity (Wildman–Crippen MR) is 95.1 cm³/mol. The van der Waals surface area contributed by atoms with Gasteiger partial charge in [0, 0.05) is 28.6 Å². The molecule has 1 aliphatic rings. The first-order chi connectivity index (χ1) is 12.4. The van der Waals surface area contributed by atoms with Crippen molar-refractivity contribution in [3.05, 3.63) is 51.7 Å². The molecule has 0 fully saturated rings. The van der Waals surface area contributed by atoms with Crippen LogP contribution in [-0.4, -0.2) is 31.4 Å². The Kier molecular flexibility index (Phi) is 5.63. The third kappa shape index (κ3) is 4.25. The third-order valence-corrected chi connectivity index (χ3v) is 5.57. The minimum atomic E-state index is -1.04. The van der Waals surface area contributed by atoms with Crippen LogP contribution < -0.4 is 15.5 Å². The van der Waals surface area contributed by atoms with Crippen LogP contribution in [0.1, 0.15) is 23.4 Å². The van der Waals surface area contributed by atoms with Crippen LogP contribution in [0, 0.1) is 11.6 Å². The molecular weight excluding hydrogens is 360 g/mol. The van der Waals surface area contributed by atoms with Gasteiger partial charge in [-0.25, -0.2) is 8.78 Å². The Morgan fingerprint density at radius 3 is 2.81 bits per heavy atom. The molecule has 2 aromatic rings. The average molecular weight is 380 g/mol. The molecule has 3 N–H and O–H groups in total. The van der Waals surface area contributed by atoms with Crippen LogP contribution in [0.2, 0.25) is 0 Å². The minimum absolute atomic E-state index is 0.142. The van der Waals surface area contributed by atoms with E-state index < -0.39 is 17.5 Å². The van der Waals surface area contributed by atoms with E-state index in [1.54, 1.807) is 11.3 Å². The Labute approximate surface area is 154 Å². The Morgan fingerprint density at radius 1 is 1.23 bits per heavy atom. The zero-order chi connectivity index (χ0) is 18.7. The van der Waals surface area contributed by atoms with E-state index in [0.717, 1.165) is 30.0 Å². The Morgan fingerprint density at radius 2 is 2.04 bits per heavy atom. The van der Waals surface area contributed by atoms with Gasteiger partial charge in [0.25, 0.3) is 5.91 Å². The fourth-order valence-electron chi connectivity index (χ4n) is 3.12. The van der Waals surface area contributed by atoms with Crippen LogP contribution in [-0.2, 0) is 16.0 Å². The second-order valence-electron chi connectivity index (χ2n) is 6.31. The minimum Gasteiger partial charge on any atom is -0.342 e. The van der Waals surface area contributed by atoms with Crippen LogP contribution in [0.15, 0.2) is 29.6 Å². The summed E-state index contributed by atoms with van der Waals surface area (Å²) in [5, 5.41) is 7.08. The molecule has 2 heterocycles. The average Bonchev–Trinajstić information content (AvgIpc) is 3.08. The molecular formula is C18H20F2N3O2S+. The van der Waals surface area contributed by atoms with Crippen molar-refractivity contribution in [3.8, 4) is 0 Å². The molecule has 1 unspecified atom stereocenters. The molecule has 0 saturated heterocycles. The SMILES string of the molecule is C[C@H]1c2ccsc2CC[NH+]1CC(=O)NCC(=O)Nc1ccc(F)c(F)c1. The highest BCUT2D eigenvalue weighted by atomic mass is 32.1. The van der Waals surface area contributed by atoms with Gasteiger partial charge in [0.1, 0.15) is 6.04 Å². The second-order valence-corrected chi connectivity index (χ2v) is 7.31. The van der Waals surface area contributed by atoms with Gasteiger partial charge in [-0.3, -0.25) is 9.59 Å². The standard InChI is InChI=1S/C18H19F2N3O2S/c1-11-13-5-7-26-16(13)4-6-23(11)10-18(25)21-9-17(24)22-12-2-3-14(19)15(20)8-12/h2-3,5,7-8,11H,4,6,9-10H2,1H3,(H,21,25)(H,22,24)/p+1/t11-/m0/s1. The number of fused-ring (bicyclic) bond motifs is 1. The number of anilines is 1. The summed E-state index contributed by atoms with van der Waals surface area (Å²) in [6, 6.07) is 5.44. The number of hydrogen-bond donors (Lipinski definition) is 3. The lowest BCUT2D eigenvalue weighted by Crippen LogP contribution is -3.14. The van der Waals surface area contributed by atoms with Crippen molar-refractivity contribution in [1.82, 2.24) is 5.32 Å². The van der Waals surface area contributed by atoms with Crippen molar-refractivity contribution in [1.29, 1.82) is 0 Å². The lowest BCUT2D eigenvalue weighted by atomic mass is 10.0. The lowest BCUT2D eigenvalue weighted by molar-refractivity contribution is -0.924. The molecule has 1 aromatic heterocycles. The molecule has 3 rings (SSSR count). The normalized spacial score (nSPS) is 18.9. The summed E-state index contributed by atoms with van der Waals surface area (Å²) in [6.07, 6.45) is 0.955. The van der Waals surface area contributed by atoms with Gasteiger partial charge in [-0.15, -0.1) is 11.3 Å². The van der Waals surface area contributed by atoms with Crippen molar-refractivity contribution in [2.24, 2.45) is 0 Å². The van der Waals surface area contributed by atoms with Crippen molar-refractivity contribution in [3.63, 3.8) is 0 Å². The van der Waals surface area contributed by atoms with Gasteiger partial charge in [-0.2, -0.15) is 0 Å². The summed E-state index contributed by atoms with van der Waals surface area (Å²) < 4.78 is 26.0. The molecule has 138 valence electrons. The maximum Gasteiger partial charge on any atom is 0.275 e. The largest absolute Gasteiger partial charge is 0.342 e. The topological polar surface area (TPSA) is 62.6 Å². The van der Waals surface area contributed by atoms with Crippen LogP contribution in [0.4, 0.5) is 14.5 Å². The van der Waals surface area contributed by atoms with E-state index in [-0.39, 0.29) is 30.7 Å². The quantitative estimate of drug-likeness (QED) is 0.732. The lowest BCUT2D eigenvalue weighted by Gasteiger charge is -2.29. The summed E-state index contributed by atoms with van der Waals surface area (Å²) in [7, 11) is 0. The number of benzene rings is 1. The number of thiophene rings is 1. The van der Waals surface area contributed by atoms with Crippen LogP contribution >= 0.6 is 11.3 Å². The van der Waals surface area contributed by atoms with Gasteiger partial charge in [0.15, 0.2) is 18.2 Å². The maximum atomic E-state index is 13.1. The molecule has 0 radical (unpaired) electrons. The highest BCUT2D eigenvalue weighted by molar-refractivity contribution is 7.10. The zero-order valence-corrected chi connectivity index (χ0v) is 15.1. The van der Waals surface area contributed by atoms with E-state index >= 15 is 0 Å². The number of halogens is 2. The fourth-order valence-corrected chi connectivity index (χ4v) is 4.10. The molecule has 2 amide bonds. The Balaban J connectivity index is 1.46. The maximum absolute atomic E-state index is 13.1. The van der Waals surface area contributed by atoms with E-state index in [1.807, 2.05) is 0 Å². The number of nitrogens with one attached hydrogen (secondary N) is 3. The third-order valence-electron chi connectivity index (χ3n) is 4.57. The fraction of sp³-hybridized carbons (Fsp3) is 0.333. The zero-order valence-electron chi connectivity index (χ0n) is 14.3. The molecule has 26 heavy (non-hydrogen) atoms. The monoisotopic (exact) mass is 380 g/mol. The Hall–Kier alpha value is -2.32. The van der Waals surface area contributed by atoms with Gasteiger partial charge in [-0.05, 0) is 30.5 Å². The van der Waals surface area contributed by atoms with Crippen molar-refractivity contribution in [2.75, 3.05) is 25.0 Å². The predicted octanol–water partition coefficient (Wildman–Crippen LogP) is 1.28. The van der Waals surface area contributed by atoms with Crippen molar-refractivity contribution in [2.45, 2.75) is 19.4 Å². The van der Waals surface area contributed by atoms with Gasteiger partial charge in [0.05, 0.1) is 13.1 Å². The van der Waals surface area contributed by atoms with Gasteiger partial charge in [0.2, 0.25) is 5.91 Å². The van der Waals surface area contributed by atoms with Gasteiger partial charge in [-0.1, -0.05) is 0 Å². The summed E-state index contributed by atoms with van der Waals surface area (Å²) in [6.45, 7) is 3.05. The number of carbonyl (C=O) groups is 2. The molecule has 0 aliphatic carbocycles. The van der Waals surface area contributed by atoms with Crippen LogP contribution in [0.5, 0.6) is 0 Å². The van der Waals surface area contributed by atoms with Crippen LogP contribution in [0.3, 0.4) is 0 Å². The summed E-state index contributed by atoms with van der Waals surface area (Å²) >= 11 is 1.75. The number of hydrogen-bond acceptors (Lipinski definition) is 3. The first kappa shape index (κ1) is 18.5. The number of rotatable bonds is 5. The second kappa shape index (κ2) is 7.92. The molecule has 5 nitrogen and oxygen atoms in total. The molecule has 0 saturated carbocycles. The van der Waals surface area contributed by atoms with E-state index in [1.165, 1.54) is 16.5 Å². The first-order valence-electron chi connectivity index (χ1n) is 8.36. The molecule has 1 aliphatic heterocycles. The molecule has 8 heteroatoms. The number of amides is 2. The molecule has 0 spiro atoms. The Bertz CT molecular complexity index is 825. The molecule has 0 bridgehead atoms. The number of carbonyl (C=O) groups excluding carboxylic acids is 2. The first-order valence-corrected chi connectivity index (χ1v) is 9.24. The van der Waals surface area contributed by atoms with E-state index in [4.69, 9.17) is 0 Å². The number of quaternary nitrogens is 1.